The van der Waals surface area contributed by atoms with E-state index in [9.17, 15) is 0 Å². The lowest BCUT2D eigenvalue weighted by molar-refractivity contribution is 0.890. The molecule has 0 aliphatic carbocycles. The van der Waals surface area contributed by atoms with E-state index in [1.54, 1.807) is 0 Å². The lowest BCUT2D eigenvalue weighted by Crippen LogP contribution is -2.02. The van der Waals surface area contributed by atoms with E-state index in [4.69, 9.17) is 5.26 Å². The van der Waals surface area contributed by atoms with Gasteiger partial charge in [-0.25, -0.2) is 0 Å². The molecule has 0 amide bonds. The van der Waals surface area contributed by atoms with Crippen molar-refractivity contribution in [3.05, 3.63) is 23.8 Å². The average molecular weight is 204 g/mol. The summed E-state index contributed by atoms with van der Waals surface area (Å²) in [7, 11) is 0. The quantitative estimate of drug-likeness (QED) is 0.752. The Morgan fingerprint density at radius 1 is 1.50 bits per heavy atom. The number of hydrogen-bond donors (Lipinski definition) is 1. The molecule has 0 fully saturated rings. The van der Waals surface area contributed by atoms with Crippen molar-refractivity contribution >= 4 is 17.4 Å². The summed E-state index contributed by atoms with van der Waals surface area (Å²) in [5.41, 5.74) is 2.48. The van der Waals surface area contributed by atoms with Gasteiger partial charge in [0.25, 0.3) is 0 Å². The number of hydrogen-bond acceptors (Lipinski definition) is 3. The van der Waals surface area contributed by atoms with Crippen molar-refractivity contribution in [1.29, 1.82) is 5.26 Å². The van der Waals surface area contributed by atoms with Crippen molar-refractivity contribution in [2.45, 2.75) is 17.7 Å². The predicted molar refractivity (Wildman–Crippen MR) is 59.6 cm³/mol. The first-order valence-corrected chi connectivity index (χ1v) is 5.75. The highest BCUT2D eigenvalue weighted by atomic mass is 32.2. The van der Waals surface area contributed by atoms with Gasteiger partial charge in [0, 0.05) is 10.6 Å². The minimum absolute atomic E-state index is 0.381. The van der Waals surface area contributed by atoms with Crippen molar-refractivity contribution in [3.63, 3.8) is 0 Å². The topological polar surface area (TPSA) is 35.8 Å². The molecule has 0 bridgehead atoms. The maximum absolute atomic E-state index is 8.45. The van der Waals surface area contributed by atoms with Gasteiger partial charge < -0.3 is 5.32 Å². The van der Waals surface area contributed by atoms with Gasteiger partial charge in [-0.2, -0.15) is 5.26 Å². The van der Waals surface area contributed by atoms with Gasteiger partial charge in [0.15, 0.2) is 0 Å². The van der Waals surface area contributed by atoms with Crippen molar-refractivity contribution in [2.75, 3.05) is 17.6 Å². The summed E-state index contributed by atoms with van der Waals surface area (Å²) in [6.45, 7) is 0.381. The Bertz CT molecular complexity index is 368. The number of fused-ring (bicyclic) bond motifs is 1. The van der Waals surface area contributed by atoms with Crippen LogP contribution in [0.15, 0.2) is 23.1 Å². The van der Waals surface area contributed by atoms with Gasteiger partial charge in [-0.1, -0.05) is 0 Å². The largest absolute Gasteiger partial charge is 0.372 e. The molecule has 1 aliphatic heterocycles. The SMILES string of the molecule is N#CCNc1ccc2c(c1)CCCS2. The fraction of sp³-hybridized carbons (Fsp3) is 0.364. The zero-order valence-electron chi connectivity index (χ0n) is 7.92. The molecule has 0 atom stereocenters. The molecule has 0 unspecified atom stereocenters. The molecule has 0 aromatic heterocycles. The Morgan fingerprint density at radius 2 is 2.43 bits per heavy atom. The molecule has 72 valence electrons. The van der Waals surface area contributed by atoms with E-state index in [0.29, 0.717) is 6.54 Å². The fourth-order valence-electron chi connectivity index (χ4n) is 1.61. The molecule has 1 aliphatic rings. The molecule has 1 aromatic rings. The standard InChI is InChI=1S/C11H12N2S/c12-5-6-13-10-3-4-11-9(8-10)2-1-7-14-11/h3-4,8,13H,1-2,6-7H2. The van der Waals surface area contributed by atoms with E-state index in [1.165, 1.54) is 29.1 Å². The molecular weight excluding hydrogens is 192 g/mol. The van der Waals surface area contributed by atoms with E-state index in [2.05, 4.69) is 29.6 Å². The third-order valence-corrected chi connectivity index (χ3v) is 3.48. The second-order valence-corrected chi connectivity index (χ2v) is 4.42. The van der Waals surface area contributed by atoms with Crippen LogP contribution in [0.25, 0.3) is 0 Å². The highest BCUT2D eigenvalue weighted by Crippen LogP contribution is 2.31. The normalized spacial score (nSPS) is 14.2. The first kappa shape index (κ1) is 9.42. The summed E-state index contributed by atoms with van der Waals surface area (Å²) in [6.07, 6.45) is 2.43. The fourth-order valence-corrected chi connectivity index (χ4v) is 2.63. The average Bonchev–Trinajstić information content (AvgIpc) is 2.26. The van der Waals surface area contributed by atoms with Gasteiger partial charge in [-0.15, -0.1) is 11.8 Å². The molecule has 1 N–H and O–H groups in total. The van der Waals surface area contributed by atoms with Crippen LogP contribution in [-0.2, 0) is 6.42 Å². The molecule has 2 nitrogen and oxygen atoms in total. The molecule has 1 aromatic carbocycles. The Balaban J connectivity index is 2.17. The van der Waals surface area contributed by atoms with Gasteiger partial charge in [-0.05, 0) is 42.4 Å². The molecule has 3 heteroatoms. The molecular formula is C11H12N2S. The monoisotopic (exact) mass is 204 g/mol. The van der Waals surface area contributed by atoms with E-state index in [0.717, 1.165) is 5.69 Å². The maximum Gasteiger partial charge on any atom is 0.103 e. The third-order valence-electron chi connectivity index (χ3n) is 2.28. The Kier molecular flexibility index (Phi) is 2.95. The van der Waals surface area contributed by atoms with E-state index < -0.39 is 0 Å². The van der Waals surface area contributed by atoms with Crippen LogP contribution in [-0.4, -0.2) is 12.3 Å². The zero-order valence-corrected chi connectivity index (χ0v) is 8.73. The van der Waals surface area contributed by atoms with Crippen molar-refractivity contribution in [3.8, 4) is 6.07 Å². The lowest BCUT2D eigenvalue weighted by Gasteiger charge is -2.16. The van der Waals surface area contributed by atoms with Crippen LogP contribution in [0.4, 0.5) is 5.69 Å². The minimum Gasteiger partial charge on any atom is -0.372 e. The summed E-state index contributed by atoms with van der Waals surface area (Å²) in [6, 6.07) is 8.45. The van der Waals surface area contributed by atoms with Gasteiger partial charge in [0.05, 0.1) is 6.07 Å². The Morgan fingerprint density at radius 3 is 3.29 bits per heavy atom. The summed E-state index contributed by atoms with van der Waals surface area (Å²) in [5, 5.41) is 11.5. The Labute approximate surface area is 88.3 Å². The van der Waals surface area contributed by atoms with Crippen molar-refractivity contribution < 1.29 is 0 Å². The predicted octanol–water partition coefficient (Wildman–Crippen LogP) is 2.66. The van der Waals surface area contributed by atoms with Crippen LogP contribution in [0.2, 0.25) is 0 Å². The van der Waals surface area contributed by atoms with E-state index in [1.807, 2.05) is 11.8 Å². The van der Waals surface area contributed by atoms with E-state index >= 15 is 0 Å². The van der Waals surface area contributed by atoms with Gasteiger partial charge in [-0.3, -0.25) is 0 Å². The number of rotatable bonds is 2. The van der Waals surface area contributed by atoms with Gasteiger partial charge in [0.2, 0.25) is 0 Å². The van der Waals surface area contributed by atoms with Crippen molar-refractivity contribution in [1.82, 2.24) is 0 Å². The van der Waals surface area contributed by atoms with Crippen LogP contribution in [0.3, 0.4) is 0 Å². The highest BCUT2D eigenvalue weighted by molar-refractivity contribution is 7.99. The first-order valence-electron chi connectivity index (χ1n) is 4.77. The highest BCUT2D eigenvalue weighted by Gasteiger charge is 2.09. The molecule has 0 saturated heterocycles. The summed E-state index contributed by atoms with van der Waals surface area (Å²) >= 11 is 1.93. The number of anilines is 1. The molecule has 0 spiro atoms. The van der Waals surface area contributed by atoms with Crippen molar-refractivity contribution in [2.24, 2.45) is 0 Å². The van der Waals surface area contributed by atoms with Crippen LogP contribution in [0, 0.1) is 11.3 Å². The van der Waals surface area contributed by atoms with Crippen LogP contribution < -0.4 is 5.32 Å². The molecule has 14 heavy (non-hydrogen) atoms. The second-order valence-electron chi connectivity index (χ2n) is 3.29. The number of benzene rings is 1. The molecule has 0 radical (unpaired) electrons. The number of aryl methyl sites for hydroxylation is 1. The van der Waals surface area contributed by atoms with Crippen LogP contribution in [0.1, 0.15) is 12.0 Å². The minimum atomic E-state index is 0.381. The summed E-state index contributed by atoms with van der Waals surface area (Å²) < 4.78 is 0. The van der Waals surface area contributed by atoms with E-state index in [-0.39, 0.29) is 0 Å². The summed E-state index contributed by atoms with van der Waals surface area (Å²) in [4.78, 5) is 1.40. The lowest BCUT2D eigenvalue weighted by atomic mass is 10.1. The molecule has 1 heterocycles. The number of thioether (sulfide) groups is 1. The number of nitrogens with zero attached hydrogens (tertiary/aromatic N) is 1. The zero-order chi connectivity index (χ0) is 9.80. The summed E-state index contributed by atoms with van der Waals surface area (Å²) in [5.74, 6) is 1.23. The second kappa shape index (κ2) is 4.39. The molecule has 0 saturated carbocycles. The van der Waals surface area contributed by atoms with Crippen LogP contribution in [0.5, 0.6) is 0 Å². The van der Waals surface area contributed by atoms with Crippen LogP contribution >= 0.6 is 11.8 Å². The van der Waals surface area contributed by atoms with Gasteiger partial charge in [0.1, 0.15) is 6.54 Å². The Hall–Kier alpha value is -1.14. The number of nitrogens with one attached hydrogen (secondary N) is 1. The maximum atomic E-state index is 8.45. The van der Waals surface area contributed by atoms with Gasteiger partial charge >= 0.3 is 0 Å². The smallest absolute Gasteiger partial charge is 0.103 e. The number of nitriles is 1. The molecule has 2 rings (SSSR count). The third kappa shape index (κ3) is 2.02. The first-order chi connectivity index (χ1) is 6.90.